The highest BCUT2D eigenvalue weighted by molar-refractivity contribution is 7.89. The summed E-state index contributed by atoms with van der Waals surface area (Å²) in [5.41, 5.74) is 0.222. The van der Waals surface area contributed by atoms with Gasteiger partial charge in [-0.2, -0.15) is 9.98 Å². The normalized spacial score (nSPS) is 12.4. The van der Waals surface area contributed by atoms with Gasteiger partial charge in [-0.3, -0.25) is 0 Å². The predicted octanol–water partition coefficient (Wildman–Crippen LogP) is 1.90. The number of halogens is 1. The van der Waals surface area contributed by atoms with Crippen LogP contribution in [-0.2, 0) is 10.0 Å². The van der Waals surface area contributed by atoms with Gasteiger partial charge in [0.25, 0.3) is 0 Å². The van der Waals surface area contributed by atoms with E-state index in [4.69, 9.17) is 23.3 Å². The zero-order chi connectivity index (χ0) is 13.8. The molecule has 0 heterocycles. The van der Waals surface area contributed by atoms with E-state index in [0.717, 1.165) is 0 Å². The highest BCUT2D eigenvalue weighted by Crippen LogP contribution is 2.20. The summed E-state index contributed by atoms with van der Waals surface area (Å²) in [5, 5.41) is 8.80. The minimum absolute atomic E-state index is 0.0137. The van der Waals surface area contributed by atoms with Gasteiger partial charge in [0.2, 0.25) is 10.0 Å². The van der Waals surface area contributed by atoms with Gasteiger partial charge in [0, 0.05) is 0 Å². The second-order valence-electron chi connectivity index (χ2n) is 3.50. The molecule has 0 amide bonds. The van der Waals surface area contributed by atoms with Crippen LogP contribution in [-0.4, -0.2) is 14.5 Å². The molecule has 94 valence electrons. The van der Waals surface area contributed by atoms with Crippen molar-refractivity contribution in [3.8, 4) is 18.4 Å². The first-order valence-electron chi connectivity index (χ1n) is 5.12. The van der Waals surface area contributed by atoms with Crippen molar-refractivity contribution in [3.63, 3.8) is 0 Å². The fourth-order valence-electron chi connectivity index (χ4n) is 1.24. The molecule has 0 fully saturated rings. The Labute approximate surface area is 112 Å². The van der Waals surface area contributed by atoms with Crippen molar-refractivity contribution in [2.24, 2.45) is 0 Å². The third-order valence-electron chi connectivity index (χ3n) is 2.28. The standard InChI is InChI=1S/C12H11ClN2O2S/c1-3-10(4-2)15-18(16,17)11-6-5-9(8-14)12(13)7-11/h1,5-7,10,15H,4H2,2H3. The molecule has 1 aromatic carbocycles. The summed E-state index contributed by atoms with van der Waals surface area (Å²) < 4.78 is 26.3. The van der Waals surface area contributed by atoms with Gasteiger partial charge in [-0.1, -0.05) is 24.4 Å². The highest BCUT2D eigenvalue weighted by Gasteiger charge is 2.18. The van der Waals surface area contributed by atoms with E-state index in [1.165, 1.54) is 18.2 Å². The molecule has 1 atom stereocenters. The lowest BCUT2D eigenvalue weighted by atomic mass is 10.2. The van der Waals surface area contributed by atoms with Gasteiger partial charge in [-0.15, -0.1) is 6.42 Å². The van der Waals surface area contributed by atoms with E-state index in [-0.39, 0.29) is 15.5 Å². The van der Waals surface area contributed by atoms with Crippen LogP contribution in [0.2, 0.25) is 5.02 Å². The number of hydrogen-bond donors (Lipinski definition) is 1. The Balaban J connectivity index is 3.11. The monoisotopic (exact) mass is 282 g/mol. The van der Waals surface area contributed by atoms with Gasteiger partial charge in [0.15, 0.2) is 0 Å². The van der Waals surface area contributed by atoms with Crippen molar-refractivity contribution < 1.29 is 8.42 Å². The van der Waals surface area contributed by atoms with Crippen LogP contribution in [0.5, 0.6) is 0 Å². The van der Waals surface area contributed by atoms with Crippen molar-refractivity contribution in [2.75, 3.05) is 0 Å². The Morgan fingerprint density at radius 3 is 2.67 bits per heavy atom. The molecule has 1 unspecified atom stereocenters. The van der Waals surface area contributed by atoms with Gasteiger partial charge < -0.3 is 0 Å². The first-order chi connectivity index (χ1) is 8.44. The van der Waals surface area contributed by atoms with Crippen LogP contribution in [0.1, 0.15) is 18.9 Å². The molecule has 0 aliphatic heterocycles. The van der Waals surface area contributed by atoms with Crippen LogP contribution in [0.15, 0.2) is 23.1 Å². The van der Waals surface area contributed by atoms with Gasteiger partial charge in [-0.05, 0) is 24.6 Å². The molecule has 0 spiro atoms. The number of nitriles is 1. The molecule has 1 aromatic rings. The van der Waals surface area contributed by atoms with Crippen LogP contribution in [0.25, 0.3) is 0 Å². The summed E-state index contributed by atoms with van der Waals surface area (Å²) in [6.45, 7) is 1.78. The topological polar surface area (TPSA) is 70.0 Å². The fraction of sp³-hybridized carbons (Fsp3) is 0.250. The summed E-state index contributed by atoms with van der Waals surface area (Å²) in [6, 6.07) is 5.19. The molecule has 0 saturated carbocycles. The molecule has 4 nitrogen and oxygen atoms in total. The lowest BCUT2D eigenvalue weighted by Gasteiger charge is -2.11. The summed E-state index contributed by atoms with van der Waals surface area (Å²) in [4.78, 5) is -0.0137. The van der Waals surface area contributed by atoms with Gasteiger partial charge in [0.1, 0.15) is 6.07 Å². The average Bonchev–Trinajstić information content (AvgIpc) is 2.35. The predicted molar refractivity (Wildman–Crippen MR) is 69.4 cm³/mol. The minimum Gasteiger partial charge on any atom is -0.207 e. The van der Waals surface area contributed by atoms with Crippen molar-refractivity contribution in [1.82, 2.24) is 4.72 Å². The molecule has 0 bridgehead atoms. The van der Waals surface area contributed by atoms with Crippen molar-refractivity contribution in [2.45, 2.75) is 24.3 Å². The first kappa shape index (κ1) is 14.5. The van der Waals surface area contributed by atoms with Crippen molar-refractivity contribution in [1.29, 1.82) is 5.26 Å². The summed E-state index contributed by atoms with van der Waals surface area (Å²) in [7, 11) is -3.72. The summed E-state index contributed by atoms with van der Waals surface area (Å²) >= 11 is 5.78. The molecular formula is C12H11ClN2O2S. The SMILES string of the molecule is C#CC(CC)NS(=O)(=O)c1ccc(C#N)c(Cl)c1. The molecule has 18 heavy (non-hydrogen) atoms. The molecule has 0 aliphatic carbocycles. The largest absolute Gasteiger partial charge is 0.241 e. The lowest BCUT2D eigenvalue weighted by Crippen LogP contribution is -2.33. The molecule has 0 aromatic heterocycles. The number of nitrogens with zero attached hydrogens (tertiary/aromatic N) is 1. The number of sulfonamides is 1. The third-order valence-corrected chi connectivity index (χ3v) is 4.06. The molecular weight excluding hydrogens is 272 g/mol. The van der Waals surface area contributed by atoms with E-state index >= 15 is 0 Å². The third kappa shape index (κ3) is 3.24. The Bertz CT molecular complexity index is 626. The molecule has 1 N–H and O–H groups in total. The maximum absolute atomic E-state index is 12.0. The fourth-order valence-corrected chi connectivity index (χ4v) is 2.80. The zero-order valence-corrected chi connectivity index (χ0v) is 11.2. The van der Waals surface area contributed by atoms with Crippen LogP contribution in [0, 0.1) is 23.7 Å². The van der Waals surface area contributed by atoms with Gasteiger partial charge in [0.05, 0.1) is 21.5 Å². The van der Waals surface area contributed by atoms with Crippen LogP contribution >= 0.6 is 11.6 Å². The van der Waals surface area contributed by atoms with E-state index in [0.29, 0.717) is 6.42 Å². The second-order valence-corrected chi connectivity index (χ2v) is 5.62. The van der Waals surface area contributed by atoms with Crippen LogP contribution < -0.4 is 4.72 Å². The molecule has 0 aliphatic rings. The molecule has 0 radical (unpaired) electrons. The lowest BCUT2D eigenvalue weighted by molar-refractivity contribution is 0.570. The van der Waals surface area contributed by atoms with Gasteiger partial charge >= 0.3 is 0 Å². The Kier molecular flexibility index (Phi) is 4.75. The number of rotatable bonds is 4. The number of nitrogens with one attached hydrogen (secondary N) is 1. The van der Waals surface area contributed by atoms with Crippen molar-refractivity contribution in [3.05, 3.63) is 28.8 Å². The quantitative estimate of drug-likeness (QED) is 0.858. The van der Waals surface area contributed by atoms with E-state index in [1.807, 2.05) is 6.07 Å². The van der Waals surface area contributed by atoms with Crippen LogP contribution in [0.3, 0.4) is 0 Å². The van der Waals surface area contributed by atoms with Crippen molar-refractivity contribution >= 4 is 21.6 Å². The van der Waals surface area contributed by atoms with E-state index < -0.39 is 16.1 Å². The maximum Gasteiger partial charge on any atom is 0.241 e. The molecule has 1 rings (SSSR count). The Hall–Kier alpha value is -1.53. The highest BCUT2D eigenvalue weighted by atomic mass is 35.5. The molecule has 0 saturated heterocycles. The average molecular weight is 283 g/mol. The first-order valence-corrected chi connectivity index (χ1v) is 6.98. The summed E-state index contributed by atoms with van der Waals surface area (Å²) in [5.74, 6) is 2.34. The zero-order valence-electron chi connectivity index (χ0n) is 9.64. The maximum atomic E-state index is 12.0. The van der Waals surface area contributed by atoms with Crippen LogP contribution in [0.4, 0.5) is 0 Å². The smallest absolute Gasteiger partial charge is 0.207 e. The molecule has 6 heteroatoms. The number of hydrogen-bond acceptors (Lipinski definition) is 3. The number of terminal acetylenes is 1. The second kappa shape index (κ2) is 5.88. The summed E-state index contributed by atoms with van der Waals surface area (Å²) in [6.07, 6.45) is 5.68. The Morgan fingerprint density at radius 2 is 2.22 bits per heavy atom. The number of benzene rings is 1. The van der Waals surface area contributed by atoms with E-state index in [1.54, 1.807) is 6.92 Å². The van der Waals surface area contributed by atoms with E-state index in [9.17, 15) is 8.42 Å². The van der Waals surface area contributed by atoms with E-state index in [2.05, 4.69) is 10.6 Å². The minimum atomic E-state index is -3.72. The Morgan fingerprint density at radius 1 is 1.56 bits per heavy atom. The van der Waals surface area contributed by atoms with Gasteiger partial charge in [-0.25, -0.2) is 8.42 Å².